The predicted octanol–water partition coefficient (Wildman–Crippen LogP) is 1.90. The summed E-state index contributed by atoms with van der Waals surface area (Å²) in [6, 6.07) is 13.9. The van der Waals surface area contributed by atoms with E-state index in [1.54, 1.807) is 43.3 Å². The highest BCUT2D eigenvalue weighted by Crippen LogP contribution is 2.28. The van der Waals surface area contributed by atoms with Gasteiger partial charge in [-0.25, -0.2) is 9.79 Å². The zero-order chi connectivity index (χ0) is 23.5. The van der Waals surface area contributed by atoms with Crippen molar-refractivity contribution in [1.82, 2.24) is 10.2 Å². The van der Waals surface area contributed by atoms with Gasteiger partial charge in [-0.15, -0.1) is 0 Å². The van der Waals surface area contributed by atoms with E-state index in [4.69, 9.17) is 11.5 Å². The number of carbonyl (C=O) groups excluding carboxylic acids is 2. The Labute approximate surface area is 187 Å². The number of hydrogen-bond acceptors (Lipinski definition) is 7. The van der Waals surface area contributed by atoms with Gasteiger partial charge in [0.25, 0.3) is 5.91 Å². The molecule has 10 nitrogen and oxygen atoms in total. The predicted molar refractivity (Wildman–Crippen MR) is 127 cm³/mol. The lowest BCUT2D eigenvalue weighted by molar-refractivity contribution is 0.0827. The number of aliphatic imine (C=N–C) groups is 2. The van der Waals surface area contributed by atoms with Crippen LogP contribution in [0.1, 0.15) is 29.8 Å². The van der Waals surface area contributed by atoms with Gasteiger partial charge in [0, 0.05) is 37.6 Å². The lowest BCUT2D eigenvalue weighted by Crippen LogP contribution is -2.54. The number of nitrogens with one attached hydrogen (secondary N) is 2. The van der Waals surface area contributed by atoms with E-state index >= 15 is 0 Å². The smallest absolute Gasteiger partial charge is 0.319 e. The summed E-state index contributed by atoms with van der Waals surface area (Å²) in [7, 11) is 3.35. The Morgan fingerprint density at radius 2 is 1.81 bits per heavy atom. The van der Waals surface area contributed by atoms with Gasteiger partial charge in [-0.1, -0.05) is 18.2 Å². The third-order valence-corrected chi connectivity index (χ3v) is 4.79. The van der Waals surface area contributed by atoms with Crippen molar-refractivity contribution in [2.75, 3.05) is 24.3 Å². The van der Waals surface area contributed by atoms with Crippen LogP contribution in [0.25, 0.3) is 0 Å². The molecule has 0 unspecified atom stereocenters. The normalized spacial score (nSPS) is 14.8. The largest absolute Gasteiger partial charge is 0.369 e. The third-order valence-electron chi connectivity index (χ3n) is 4.79. The number of nitrogens with zero attached hydrogens (tertiary/aromatic N) is 4. The maximum atomic E-state index is 12.4. The van der Waals surface area contributed by atoms with Crippen molar-refractivity contribution >= 4 is 35.2 Å². The van der Waals surface area contributed by atoms with E-state index in [1.165, 1.54) is 4.90 Å². The lowest BCUT2D eigenvalue weighted by Gasteiger charge is -2.38. The molecule has 0 fully saturated rings. The first-order valence-electron chi connectivity index (χ1n) is 10.0. The van der Waals surface area contributed by atoms with Crippen molar-refractivity contribution in [3.8, 4) is 0 Å². The maximum absolute atomic E-state index is 12.4. The molecule has 1 aliphatic rings. The maximum Gasteiger partial charge on any atom is 0.319 e. The van der Waals surface area contributed by atoms with Gasteiger partial charge >= 0.3 is 6.03 Å². The first kappa shape index (κ1) is 22.6. The molecule has 0 radical (unpaired) electrons. The standard InChI is InChI=1S/C22H28N8O2/c1-22(2)28-19(23)27-20(24)30(22)17-10-5-7-14(11-17)13-25-21(32)26-16-9-6-8-15(12-16)18(31)29(3)4/h5-12H,13H2,1-4H3,(H2,25,26,32)(H4,23,24,27,28). The number of hydrogen-bond donors (Lipinski definition) is 4. The number of amides is 3. The van der Waals surface area contributed by atoms with E-state index in [0.717, 1.165) is 11.3 Å². The molecular formula is C22H28N8O2. The van der Waals surface area contributed by atoms with Crippen LogP contribution in [0.5, 0.6) is 0 Å². The van der Waals surface area contributed by atoms with E-state index in [0.29, 0.717) is 11.3 Å². The Morgan fingerprint density at radius 3 is 2.50 bits per heavy atom. The molecule has 10 heteroatoms. The van der Waals surface area contributed by atoms with Gasteiger partial charge in [-0.3, -0.25) is 9.69 Å². The summed E-state index contributed by atoms with van der Waals surface area (Å²) in [4.78, 5) is 36.1. The van der Waals surface area contributed by atoms with E-state index in [1.807, 2.05) is 38.1 Å². The van der Waals surface area contributed by atoms with Crippen molar-refractivity contribution in [2.24, 2.45) is 21.5 Å². The van der Waals surface area contributed by atoms with Crippen molar-refractivity contribution in [3.05, 3.63) is 59.7 Å². The summed E-state index contributed by atoms with van der Waals surface area (Å²) in [6.45, 7) is 4.05. The van der Waals surface area contributed by atoms with Crippen LogP contribution in [0.15, 0.2) is 58.5 Å². The molecule has 1 heterocycles. The molecule has 6 N–H and O–H groups in total. The molecule has 2 aromatic carbocycles. The molecule has 0 aromatic heterocycles. The number of anilines is 2. The minimum Gasteiger partial charge on any atom is -0.369 e. The van der Waals surface area contributed by atoms with Gasteiger partial charge in [-0.2, -0.15) is 4.99 Å². The topological polar surface area (TPSA) is 141 Å². The second-order valence-corrected chi connectivity index (χ2v) is 8.03. The highest BCUT2D eigenvalue weighted by Gasteiger charge is 2.33. The Bertz CT molecular complexity index is 1090. The number of benzene rings is 2. The van der Waals surface area contributed by atoms with Crippen LogP contribution < -0.4 is 27.0 Å². The van der Waals surface area contributed by atoms with E-state index in [-0.39, 0.29) is 30.4 Å². The summed E-state index contributed by atoms with van der Waals surface area (Å²) in [5.74, 6) is 0.243. The highest BCUT2D eigenvalue weighted by molar-refractivity contribution is 6.05. The summed E-state index contributed by atoms with van der Waals surface area (Å²) >= 11 is 0. The van der Waals surface area contributed by atoms with E-state index in [2.05, 4.69) is 20.6 Å². The first-order valence-corrected chi connectivity index (χ1v) is 10.0. The molecule has 3 amide bonds. The SMILES string of the molecule is CN(C)C(=O)c1cccc(NC(=O)NCc2cccc(N3C(N)=NC(N)=NC3(C)C)c2)c1. The van der Waals surface area contributed by atoms with Gasteiger partial charge in [0.2, 0.25) is 11.9 Å². The van der Waals surface area contributed by atoms with E-state index in [9.17, 15) is 9.59 Å². The van der Waals surface area contributed by atoms with Crippen LogP contribution in [0.2, 0.25) is 0 Å². The van der Waals surface area contributed by atoms with Crippen LogP contribution in [0, 0.1) is 0 Å². The van der Waals surface area contributed by atoms with Crippen LogP contribution in [-0.2, 0) is 6.54 Å². The average Bonchev–Trinajstić information content (AvgIpc) is 2.70. The van der Waals surface area contributed by atoms with Crippen molar-refractivity contribution in [2.45, 2.75) is 26.1 Å². The van der Waals surface area contributed by atoms with E-state index < -0.39 is 5.66 Å². The third kappa shape index (κ3) is 5.15. The minimum atomic E-state index is -0.700. The quantitative estimate of drug-likeness (QED) is 0.566. The summed E-state index contributed by atoms with van der Waals surface area (Å²) in [5.41, 5.74) is 13.8. The first-order chi connectivity index (χ1) is 15.1. The summed E-state index contributed by atoms with van der Waals surface area (Å²) in [5, 5.41) is 5.56. The molecular weight excluding hydrogens is 408 g/mol. The number of rotatable bonds is 5. The number of carbonyl (C=O) groups is 2. The fraction of sp³-hybridized carbons (Fsp3) is 0.273. The molecule has 2 aromatic rings. The molecule has 0 spiro atoms. The summed E-state index contributed by atoms with van der Waals surface area (Å²) < 4.78 is 0. The number of guanidine groups is 2. The fourth-order valence-corrected chi connectivity index (χ4v) is 3.40. The summed E-state index contributed by atoms with van der Waals surface area (Å²) in [6.07, 6.45) is 0. The van der Waals surface area contributed by atoms with Crippen LogP contribution in [0.4, 0.5) is 16.2 Å². The van der Waals surface area contributed by atoms with Gasteiger partial charge in [0.1, 0.15) is 5.66 Å². The highest BCUT2D eigenvalue weighted by atomic mass is 16.2. The second kappa shape index (κ2) is 8.96. The minimum absolute atomic E-state index is 0.134. The van der Waals surface area contributed by atoms with Gasteiger partial charge in [0.15, 0.2) is 0 Å². The Balaban J connectivity index is 1.66. The monoisotopic (exact) mass is 436 g/mol. The number of urea groups is 1. The molecule has 0 aliphatic carbocycles. The second-order valence-electron chi connectivity index (χ2n) is 8.03. The zero-order valence-corrected chi connectivity index (χ0v) is 18.6. The van der Waals surface area contributed by atoms with Gasteiger partial charge < -0.3 is 27.0 Å². The average molecular weight is 437 g/mol. The molecule has 1 aliphatic heterocycles. The molecule has 168 valence electrons. The lowest BCUT2D eigenvalue weighted by atomic mass is 10.1. The van der Waals surface area contributed by atoms with Crippen molar-refractivity contribution in [1.29, 1.82) is 0 Å². The Kier molecular flexibility index (Phi) is 6.33. The molecule has 0 bridgehead atoms. The van der Waals surface area contributed by atoms with Gasteiger partial charge in [-0.05, 0) is 49.7 Å². The van der Waals surface area contributed by atoms with Crippen molar-refractivity contribution < 1.29 is 9.59 Å². The fourth-order valence-electron chi connectivity index (χ4n) is 3.40. The molecule has 0 saturated carbocycles. The number of nitrogens with two attached hydrogens (primary N) is 2. The van der Waals surface area contributed by atoms with Gasteiger partial charge in [0.05, 0.1) is 0 Å². The van der Waals surface area contributed by atoms with Crippen LogP contribution in [-0.4, -0.2) is 48.5 Å². The molecule has 0 saturated heterocycles. The molecule has 3 rings (SSSR count). The van der Waals surface area contributed by atoms with Crippen LogP contribution >= 0.6 is 0 Å². The van der Waals surface area contributed by atoms with Crippen molar-refractivity contribution in [3.63, 3.8) is 0 Å². The molecule has 0 atom stereocenters. The van der Waals surface area contributed by atoms with Crippen LogP contribution in [0.3, 0.4) is 0 Å². The molecule has 32 heavy (non-hydrogen) atoms. The zero-order valence-electron chi connectivity index (χ0n) is 18.6. The Morgan fingerprint density at radius 1 is 1.09 bits per heavy atom. The Hall–Kier alpha value is -4.08.